The Balaban J connectivity index is 2.24. The quantitative estimate of drug-likeness (QED) is 0.806. The number of rotatable bonds is 5. The number of halogens is 3. The van der Waals surface area contributed by atoms with E-state index >= 15 is 0 Å². The van der Waals surface area contributed by atoms with E-state index in [0.29, 0.717) is 17.7 Å². The van der Waals surface area contributed by atoms with Crippen LogP contribution in [-0.2, 0) is 6.54 Å². The van der Waals surface area contributed by atoms with E-state index in [4.69, 9.17) is 0 Å². The van der Waals surface area contributed by atoms with E-state index in [2.05, 4.69) is 5.32 Å². The normalized spacial score (nSPS) is 10.8. The largest absolute Gasteiger partial charge is 0.313 e. The summed E-state index contributed by atoms with van der Waals surface area (Å²) < 4.78 is 40.4. The van der Waals surface area contributed by atoms with Gasteiger partial charge in [0, 0.05) is 23.7 Å². The van der Waals surface area contributed by atoms with E-state index in [1.807, 2.05) is 6.92 Å². The molecule has 1 nitrogen and oxygen atoms in total. The molecule has 0 aliphatic rings. The van der Waals surface area contributed by atoms with Crippen LogP contribution < -0.4 is 5.32 Å². The third-order valence-electron chi connectivity index (χ3n) is 3.04. The van der Waals surface area contributed by atoms with Crippen LogP contribution in [0.5, 0.6) is 0 Å². The van der Waals surface area contributed by atoms with Gasteiger partial charge in [0.15, 0.2) is 0 Å². The zero-order chi connectivity index (χ0) is 14.5. The molecule has 0 fully saturated rings. The monoisotopic (exact) mass is 279 g/mol. The lowest BCUT2D eigenvalue weighted by Crippen LogP contribution is -2.14. The third kappa shape index (κ3) is 3.39. The number of hydrogen-bond acceptors (Lipinski definition) is 1. The molecule has 0 saturated carbocycles. The lowest BCUT2D eigenvalue weighted by Gasteiger charge is -2.08. The summed E-state index contributed by atoms with van der Waals surface area (Å²) in [6, 6.07) is 7.81. The van der Waals surface area contributed by atoms with Gasteiger partial charge in [0.05, 0.1) is 0 Å². The van der Waals surface area contributed by atoms with Crippen LogP contribution in [0.15, 0.2) is 36.4 Å². The summed E-state index contributed by atoms with van der Waals surface area (Å²) >= 11 is 0. The third-order valence-corrected chi connectivity index (χ3v) is 3.04. The van der Waals surface area contributed by atoms with Crippen molar-refractivity contribution < 1.29 is 13.2 Å². The minimum atomic E-state index is -0.693. The second-order valence-electron chi connectivity index (χ2n) is 4.61. The predicted molar refractivity (Wildman–Crippen MR) is 73.7 cm³/mol. The highest BCUT2D eigenvalue weighted by Gasteiger charge is 2.09. The first kappa shape index (κ1) is 14.6. The van der Waals surface area contributed by atoms with Crippen molar-refractivity contribution in [1.29, 1.82) is 0 Å². The molecule has 106 valence electrons. The Hall–Kier alpha value is -1.81. The molecular formula is C16H16F3N. The van der Waals surface area contributed by atoms with Crippen LogP contribution in [-0.4, -0.2) is 6.54 Å². The molecular weight excluding hydrogens is 263 g/mol. The summed E-state index contributed by atoms with van der Waals surface area (Å²) in [4.78, 5) is 0. The van der Waals surface area contributed by atoms with Crippen LogP contribution in [0.25, 0.3) is 11.1 Å². The van der Waals surface area contributed by atoms with Crippen molar-refractivity contribution in [3.05, 3.63) is 59.4 Å². The Morgan fingerprint density at radius 3 is 2.40 bits per heavy atom. The van der Waals surface area contributed by atoms with Crippen molar-refractivity contribution in [3.8, 4) is 11.1 Å². The van der Waals surface area contributed by atoms with Crippen LogP contribution in [0.1, 0.15) is 18.9 Å². The Morgan fingerprint density at radius 2 is 1.75 bits per heavy atom. The zero-order valence-corrected chi connectivity index (χ0v) is 11.2. The molecule has 20 heavy (non-hydrogen) atoms. The number of nitrogens with one attached hydrogen (secondary N) is 1. The maximum absolute atomic E-state index is 13.9. The van der Waals surface area contributed by atoms with Gasteiger partial charge in [-0.3, -0.25) is 0 Å². The summed E-state index contributed by atoms with van der Waals surface area (Å²) in [5, 5.41) is 3.11. The Kier molecular flexibility index (Phi) is 4.79. The molecule has 0 unspecified atom stereocenters. The summed E-state index contributed by atoms with van der Waals surface area (Å²) in [5.41, 5.74) is 1.13. The second kappa shape index (κ2) is 6.57. The molecule has 0 saturated heterocycles. The van der Waals surface area contributed by atoms with E-state index < -0.39 is 17.5 Å². The summed E-state index contributed by atoms with van der Waals surface area (Å²) in [7, 11) is 0. The molecule has 2 aromatic rings. The molecule has 0 aliphatic heterocycles. The molecule has 0 amide bonds. The van der Waals surface area contributed by atoms with Gasteiger partial charge in [-0.1, -0.05) is 19.1 Å². The van der Waals surface area contributed by atoms with Crippen molar-refractivity contribution in [1.82, 2.24) is 5.32 Å². The summed E-state index contributed by atoms with van der Waals surface area (Å²) in [6.45, 7) is 3.28. The molecule has 2 rings (SSSR count). The van der Waals surface area contributed by atoms with Crippen molar-refractivity contribution >= 4 is 0 Å². The molecule has 0 spiro atoms. The van der Waals surface area contributed by atoms with Crippen molar-refractivity contribution in [2.45, 2.75) is 19.9 Å². The highest BCUT2D eigenvalue weighted by atomic mass is 19.1. The lowest BCUT2D eigenvalue weighted by molar-refractivity contribution is 0.582. The van der Waals surface area contributed by atoms with Crippen LogP contribution in [0.2, 0.25) is 0 Å². The highest BCUT2D eigenvalue weighted by molar-refractivity contribution is 5.64. The second-order valence-corrected chi connectivity index (χ2v) is 4.61. The fourth-order valence-electron chi connectivity index (χ4n) is 1.98. The topological polar surface area (TPSA) is 12.0 Å². The van der Waals surface area contributed by atoms with E-state index in [1.54, 1.807) is 12.1 Å². The fourth-order valence-corrected chi connectivity index (χ4v) is 1.98. The standard InChI is InChI=1S/C16H16F3N/c1-2-7-20-10-12-4-3-11(8-15(12)18)14-6-5-13(17)9-16(14)19/h3-6,8-9,20H,2,7,10H2,1H3. The Morgan fingerprint density at radius 1 is 0.950 bits per heavy atom. The highest BCUT2D eigenvalue weighted by Crippen LogP contribution is 2.25. The van der Waals surface area contributed by atoms with Gasteiger partial charge in [-0.2, -0.15) is 0 Å². The van der Waals surface area contributed by atoms with Gasteiger partial charge in [-0.05, 0) is 36.7 Å². The van der Waals surface area contributed by atoms with Gasteiger partial charge < -0.3 is 5.32 Å². The zero-order valence-electron chi connectivity index (χ0n) is 11.2. The maximum atomic E-state index is 13.9. The minimum absolute atomic E-state index is 0.193. The van der Waals surface area contributed by atoms with Gasteiger partial charge in [0.1, 0.15) is 17.5 Å². The average Bonchev–Trinajstić information content (AvgIpc) is 2.41. The molecule has 4 heteroatoms. The van der Waals surface area contributed by atoms with Gasteiger partial charge in [-0.25, -0.2) is 13.2 Å². The number of hydrogen-bond donors (Lipinski definition) is 1. The smallest absolute Gasteiger partial charge is 0.133 e. The van der Waals surface area contributed by atoms with Crippen LogP contribution in [0, 0.1) is 17.5 Å². The number of benzene rings is 2. The Bertz CT molecular complexity index is 596. The van der Waals surface area contributed by atoms with Crippen molar-refractivity contribution in [2.24, 2.45) is 0 Å². The summed E-state index contributed by atoms with van der Waals surface area (Å²) in [5.74, 6) is -1.73. The van der Waals surface area contributed by atoms with Gasteiger partial charge in [0.2, 0.25) is 0 Å². The molecule has 2 aromatic carbocycles. The maximum Gasteiger partial charge on any atom is 0.133 e. The molecule has 0 bridgehead atoms. The molecule has 1 N–H and O–H groups in total. The molecule has 0 aliphatic carbocycles. The first-order valence-electron chi connectivity index (χ1n) is 6.56. The van der Waals surface area contributed by atoms with Gasteiger partial charge in [0.25, 0.3) is 0 Å². The van der Waals surface area contributed by atoms with E-state index in [1.165, 1.54) is 12.1 Å². The van der Waals surface area contributed by atoms with E-state index in [-0.39, 0.29) is 5.56 Å². The average molecular weight is 279 g/mol. The van der Waals surface area contributed by atoms with Crippen LogP contribution >= 0.6 is 0 Å². The first-order valence-corrected chi connectivity index (χ1v) is 6.56. The lowest BCUT2D eigenvalue weighted by atomic mass is 10.0. The van der Waals surface area contributed by atoms with Gasteiger partial charge in [-0.15, -0.1) is 0 Å². The van der Waals surface area contributed by atoms with E-state index in [0.717, 1.165) is 25.1 Å². The minimum Gasteiger partial charge on any atom is -0.313 e. The SMILES string of the molecule is CCCNCc1ccc(-c2ccc(F)cc2F)cc1F. The molecule has 0 radical (unpaired) electrons. The summed E-state index contributed by atoms with van der Waals surface area (Å²) in [6.07, 6.45) is 0.973. The van der Waals surface area contributed by atoms with E-state index in [9.17, 15) is 13.2 Å². The predicted octanol–water partition coefficient (Wildman–Crippen LogP) is 4.27. The van der Waals surface area contributed by atoms with Crippen molar-refractivity contribution in [3.63, 3.8) is 0 Å². The van der Waals surface area contributed by atoms with Crippen LogP contribution in [0.4, 0.5) is 13.2 Å². The fraction of sp³-hybridized carbons (Fsp3) is 0.250. The molecule has 0 aromatic heterocycles. The molecule has 0 atom stereocenters. The first-order chi connectivity index (χ1) is 9.61. The van der Waals surface area contributed by atoms with Gasteiger partial charge >= 0.3 is 0 Å². The van der Waals surface area contributed by atoms with Crippen LogP contribution in [0.3, 0.4) is 0 Å². The molecule has 0 heterocycles. The Labute approximate surface area is 116 Å². The van der Waals surface area contributed by atoms with Crippen molar-refractivity contribution in [2.75, 3.05) is 6.54 Å².